The highest BCUT2D eigenvalue weighted by molar-refractivity contribution is 5.80. The third kappa shape index (κ3) is 4.06. The van der Waals surface area contributed by atoms with Crippen molar-refractivity contribution in [3.8, 4) is 0 Å². The number of piperidine rings is 2. The number of carbonyl (C=O) groups excluding carboxylic acids is 1. The van der Waals surface area contributed by atoms with Gasteiger partial charge in [-0.3, -0.25) is 18.7 Å². The van der Waals surface area contributed by atoms with Crippen molar-refractivity contribution in [3.05, 3.63) is 26.9 Å². The standard InChI is InChI=1S/C22H35N5O3/c1-3-27-19(15-20(28)23(2)22(27)30)26-12-6-7-17(16-26)21(29)25-13-8-18(9-14-25)24-10-4-5-11-24/h15,17-18H,3-14,16H2,1-2H3. The topological polar surface area (TPSA) is 70.8 Å². The van der Waals surface area contributed by atoms with E-state index in [1.807, 2.05) is 6.92 Å². The highest BCUT2D eigenvalue weighted by Gasteiger charge is 2.34. The van der Waals surface area contributed by atoms with Crippen LogP contribution < -0.4 is 16.1 Å². The Morgan fingerprint density at radius 1 is 1.00 bits per heavy atom. The molecular formula is C22H35N5O3. The van der Waals surface area contributed by atoms with Crippen molar-refractivity contribution in [2.24, 2.45) is 13.0 Å². The number of aromatic nitrogens is 2. The zero-order valence-electron chi connectivity index (χ0n) is 18.4. The van der Waals surface area contributed by atoms with E-state index in [2.05, 4.69) is 14.7 Å². The van der Waals surface area contributed by atoms with E-state index in [0.29, 0.717) is 24.9 Å². The Balaban J connectivity index is 1.43. The van der Waals surface area contributed by atoms with Gasteiger partial charge in [0, 0.05) is 51.9 Å². The molecule has 0 saturated carbocycles. The quantitative estimate of drug-likeness (QED) is 0.727. The number of hydrogen-bond donors (Lipinski definition) is 0. The van der Waals surface area contributed by atoms with Gasteiger partial charge >= 0.3 is 5.69 Å². The Kier molecular flexibility index (Phi) is 6.32. The van der Waals surface area contributed by atoms with E-state index in [0.717, 1.165) is 49.9 Å². The number of hydrogen-bond acceptors (Lipinski definition) is 5. The SMILES string of the molecule is CCn1c(N2CCCC(C(=O)N3CCC(N4CCCC4)CC3)C2)cc(=O)n(C)c1=O. The largest absolute Gasteiger partial charge is 0.357 e. The summed E-state index contributed by atoms with van der Waals surface area (Å²) < 4.78 is 2.78. The summed E-state index contributed by atoms with van der Waals surface area (Å²) in [5.41, 5.74) is -0.588. The fraction of sp³-hybridized carbons (Fsp3) is 0.773. The molecule has 0 aromatic carbocycles. The molecule has 0 radical (unpaired) electrons. The molecule has 0 spiro atoms. The minimum atomic E-state index is -0.294. The minimum Gasteiger partial charge on any atom is -0.357 e. The van der Waals surface area contributed by atoms with Gasteiger partial charge < -0.3 is 14.7 Å². The Morgan fingerprint density at radius 3 is 2.37 bits per heavy atom. The van der Waals surface area contributed by atoms with Crippen LogP contribution in [0.1, 0.15) is 45.4 Å². The van der Waals surface area contributed by atoms with Gasteiger partial charge in [-0.1, -0.05) is 0 Å². The van der Waals surface area contributed by atoms with Gasteiger partial charge in [-0.2, -0.15) is 0 Å². The maximum Gasteiger partial charge on any atom is 0.332 e. The molecule has 4 heterocycles. The molecule has 8 nitrogen and oxygen atoms in total. The van der Waals surface area contributed by atoms with Crippen molar-refractivity contribution in [2.75, 3.05) is 44.2 Å². The Hall–Kier alpha value is -2.09. The summed E-state index contributed by atoms with van der Waals surface area (Å²) in [4.78, 5) is 44.7. The monoisotopic (exact) mass is 417 g/mol. The van der Waals surface area contributed by atoms with Crippen LogP contribution >= 0.6 is 0 Å². The molecule has 0 aliphatic carbocycles. The van der Waals surface area contributed by atoms with Crippen molar-refractivity contribution in [1.82, 2.24) is 18.9 Å². The molecule has 1 unspecified atom stereocenters. The molecule has 0 bridgehead atoms. The molecule has 4 rings (SSSR count). The molecule has 3 fully saturated rings. The van der Waals surface area contributed by atoms with Gasteiger partial charge in [-0.15, -0.1) is 0 Å². The lowest BCUT2D eigenvalue weighted by Gasteiger charge is -2.40. The van der Waals surface area contributed by atoms with Crippen molar-refractivity contribution in [2.45, 2.75) is 58.0 Å². The number of amides is 1. The molecule has 8 heteroatoms. The second kappa shape index (κ2) is 8.96. The summed E-state index contributed by atoms with van der Waals surface area (Å²) in [6.45, 7) is 7.89. The van der Waals surface area contributed by atoms with Gasteiger partial charge in [-0.25, -0.2) is 4.79 Å². The second-order valence-corrected chi connectivity index (χ2v) is 9.01. The van der Waals surface area contributed by atoms with Crippen molar-refractivity contribution in [1.29, 1.82) is 0 Å². The van der Waals surface area contributed by atoms with Gasteiger partial charge in [0.1, 0.15) is 5.82 Å². The highest BCUT2D eigenvalue weighted by atomic mass is 16.2. The smallest absolute Gasteiger partial charge is 0.332 e. The molecule has 1 amide bonds. The number of likely N-dealkylation sites (tertiary alicyclic amines) is 2. The van der Waals surface area contributed by atoms with Gasteiger partial charge in [0.05, 0.1) is 5.92 Å². The maximum absolute atomic E-state index is 13.3. The summed E-state index contributed by atoms with van der Waals surface area (Å²) in [5.74, 6) is 0.830. The first kappa shape index (κ1) is 21.2. The second-order valence-electron chi connectivity index (χ2n) is 9.01. The van der Waals surface area contributed by atoms with Crippen LogP contribution in [0.25, 0.3) is 0 Å². The normalized spacial score (nSPS) is 23.9. The summed E-state index contributed by atoms with van der Waals surface area (Å²) in [5, 5.41) is 0. The average molecular weight is 418 g/mol. The molecule has 30 heavy (non-hydrogen) atoms. The van der Waals surface area contributed by atoms with Crippen molar-refractivity contribution < 1.29 is 4.79 Å². The minimum absolute atomic E-state index is 0.0634. The van der Waals surface area contributed by atoms with E-state index in [1.54, 1.807) is 10.6 Å². The first-order chi connectivity index (χ1) is 14.5. The molecule has 3 aliphatic rings. The number of nitrogens with zero attached hydrogens (tertiary/aromatic N) is 5. The van der Waals surface area contributed by atoms with E-state index in [4.69, 9.17) is 0 Å². The molecule has 166 valence electrons. The number of carbonyl (C=O) groups is 1. The van der Waals surface area contributed by atoms with E-state index in [-0.39, 0.29) is 23.1 Å². The molecular weight excluding hydrogens is 382 g/mol. The number of rotatable bonds is 4. The van der Waals surface area contributed by atoms with Crippen LogP contribution in [0.4, 0.5) is 5.82 Å². The fourth-order valence-corrected chi connectivity index (χ4v) is 5.42. The zero-order chi connectivity index (χ0) is 21.3. The van der Waals surface area contributed by atoms with Gasteiger partial charge in [0.15, 0.2) is 0 Å². The van der Waals surface area contributed by atoms with Crippen LogP contribution in [0.5, 0.6) is 0 Å². The summed E-state index contributed by atoms with van der Waals surface area (Å²) in [6, 6.07) is 2.18. The summed E-state index contributed by atoms with van der Waals surface area (Å²) >= 11 is 0. The van der Waals surface area contributed by atoms with E-state index < -0.39 is 0 Å². The van der Waals surface area contributed by atoms with E-state index in [1.165, 1.54) is 33.0 Å². The van der Waals surface area contributed by atoms with Gasteiger partial charge in [-0.05, 0) is 58.5 Å². The molecule has 3 aliphatic heterocycles. The lowest BCUT2D eigenvalue weighted by atomic mass is 9.94. The van der Waals surface area contributed by atoms with Crippen LogP contribution in [0, 0.1) is 5.92 Å². The lowest BCUT2D eigenvalue weighted by Crippen LogP contribution is -2.51. The number of anilines is 1. The summed E-state index contributed by atoms with van der Waals surface area (Å²) in [7, 11) is 1.51. The average Bonchev–Trinajstić information content (AvgIpc) is 3.32. The highest BCUT2D eigenvalue weighted by Crippen LogP contribution is 2.26. The maximum atomic E-state index is 13.3. The molecule has 1 aromatic heterocycles. The molecule has 1 atom stereocenters. The van der Waals surface area contributed by atoms with Crippen LogP contribution in [-0.2, 0) is 18.4 Å². The van der Waals surface area contributed by atoms with Gasteiger partial charge in [0.25, 0.3) is 5.56 Å². The van der Waals surface area contributed by atoms with E-state index >= 15 is 0 Å². The van der Waals surface area contributed by atoms with Crippen LogP contribution in [-0.4, -0.2) is 70.2 Å². The Labute approximate surface area is 178 Å². The predicted molar refractivity (Wildman–Crippen MR) is 117 cm³/mol. The summed E-state index contributed by atoms with van der Waals surface area (Å²) in [6.07, 6.45) is 6.54. The molecule has 3 saturated heterocycles. The van der Waals surface area contributed by atoms with E-state index in [9.17, 15) is 14.4 Å². The Bertz CT molecular complexity index is 878. The molecule has 1 aromatic rings. The molecule has 0 N–H and O–H groups in total. The van der Waals surface area contributed by atoms with Crippen molar-refractivity contribution >= 4 is 11.7 Å². The van der Waals surface area contributed by atoms with Crippen LogP contribution in [0.2, 0.25) is 0 Å². The van der Waals surface area contributed by atoms with Gasteiger partial charge in [0.2, 0.25) is 5.91 Å². The third-order valence-electron chi connectivity index (χ3n) is 7.22. The lowest BCUT2D eigenvalue weighted by molar-refractivity contribution is -0.137. The Morgan fingerprint density at radius 2 is 1.70 bits per heavy atom. The van der Waals surface area contributed by atoms with Crippen LogP contribution in [0.15, 0.2) is 15.7 Å². The van der Waals surface area contributed by atoms with Crippen LogP contribution in [0.3, 0.4) is 0 Å². The van der Waals surface area contributed by atoms with Crippen molar-refractivity contribution in [3.63, 3.8) is 0 Å². The zero-order valence-corrected chi connectivity index (χ0v) is 18.4. The fourth-order valence-electron chi connectivity index (χ4n) is 5.42. The third-order valence-corrected chi connectivity index (χ3v) is 7.22. The first-order valence-electron chi connectivity index (χ1n) is 11.6. The first-order valence-corrected chi connectivity index (χ1v) is 11.6. The predicted octanol–water partition coefficient (Wildman–Crippen LogP) is 0.870.